The van der Waals surface area contributed by atoms with Crippen molar-refractivity contribution < 1.29 is 19.7 Å². The van der Waals surface area contributed by atoms with Crippen LogP contribution < -0.4 is 4.74 Å². The highest BCUT2D eigenvalue weighted by Crippen LogP contribution is 2.11. The molecule has 0 fully saturated rings. The molecule has 0 aromatic heterocycles. The Morgan fingerprint density at radius 3 is 2.50 bits per heavy atom. The van der Waals surface area contributed by atoms with Gasteiger partial charge in [0.1, 0.15) is 5.75 Å². The molecule has 0 saturated carbocycles. The molecule has 1 aromatic carbocycles. The van der Waals surface area contributed by atoms with Gasteiger partial charge in [0.25, 0.3) is 0 Å². The van der Waals surface area contributed by atoms with Crippen molar-refractivity contribution >= 4 is 5.97 Å². The highest BCUT2D eigenvalue weighted by Gasteiger charge is 2.06. The predicted molar refractivity (Wildman–Crippen MR) is 77.1 cm³/mol. The lowest BCUT2D eigenvalue weighted by Crippen LogP contribution is -2.31. The van der Waals surface area contributed by atoms with Gasteiger partial charge in [-0.2, -0.15) is 0 Å². The summed E-state index contributed by atoms with van der Waals surface area (Å²) in [5, 5.41) is 17.6. The summed E-state index contributed by atoms with van der Waals surface area (Å²) in [6, 6.07) is 7.87. The van der Waals surface area contributed by atoms with Crippen LogP contribution in [0, 0.1) is 6.92 Å². The molecule has 0 aliphatic rings. The third-order valence-electron chi connectivity index (χ3n) is 2.97. The lowest BCUT2D eigenvalue weighted by atomic mass is 10.2. The quantitative estimate of drug-likeness (QED) is 0.637. The van der Waals surface area contributed by atoms with Gasteiger partial charge >= 0.3 is 5.97 Å². The normalized spacial score (nSPS) is 10.8. The van der Waals surface area contributed by atoms with Gasteiger partial charge in [-0.1, -0.05) is 17.7 Å². The van der Waals surface area contributed by atoms with Gasteiger partial charge in [0.15, 0.2) is 0 Å². The van der Waals surface area contributed by atoms with Gasteiger partial charge in [-0.15, -0.1) is 0 Å². The van der Waals surface area contributed by atoms with Crippen LogP contribution in [0.5, 0.6) is 5.75 Å². The van der Waals surface area contributed by atoms with E-state index in [0.717, 1.165) is 18.7 Å². The average Bonchev–Trinajstić information content (AvgIpc) is 2.42. The van der Waals surface area contributed by atoms with Crippen molar-refractivity contribution in [2.45, 2.75) is 19.8 Å². The maximum absolute atomic E-state index is 10.5. The van der Waals surface area contributed by atoms with Gasteiger partial charge in [0.2, 0.25) is 0 Å². The van der Waals surface area contributed by atoms with Gasteiger partial charge in [0.05, 0.1) is 19.6 Å². The van der Waals surface area contributed by atoms with Crippen molar-refractivity contribution in [3.63, 3.8) is 0 Å². The molecule has 0 bridgehead atoms. The van der Waals surface area contributed by atoms with Crippen LogP contribution >= 0.6 is 0 Å². The number of aryl methyl sites for hydroxylation is 1. The molecule has 0 aliphatic carbocycles. The van der Waals surface area contributed by atoms with E-state index in [1.165, 1.54) is 5.56 Å². The molecule has 20 heavy (non-hydrogen) atoms. The molecule has 0 heterocycles. The maximum Gasteiger partial charge on any atom is 0.304 e. The standard InChI is InChI=1S/C15H23NO4/c1-13-3-5-14(6-4-13)20-12-2-8-16(10-11-17)9-7-15(18)19/h3-6,17H,2,7-12H2,1H3,(H,18,19). The first-order chi connectivity index (χ1) is 9.61. The zero-order chi connectivity index (χ0) is 14.8. The Kier molecular flexibility index (Phi) is 7.69. The van der Waals surface area contributed by atoms with Crippen molar-refractivity contribution in [1.82, 2.24) is 4.90 Å². The molecule has 0 unspecified atom stereocenters. The third kappa shape index (κ3) is 7.11. The van der Waals surface area contributed by atoms with Crippen molar-refractivity contribution in [3.05, 3.63) is 29.8 Å². The summed E-state index contributed by atoms with van der Waals surface area (Å²) < 4.78 is 5.61. The second kappa shape index (κ2) is 9.34. The summed E-state index contributed by atoms with van der Waals surface area (Å²) >= 11 is 0. The smallest absolute Gasteiger partial charge is 0.304 e. The van der Waals surface area contributed by atoms with Gasteiger partial charge in [-0.05, 0) is 25.5 Å². The predicted octanol–water partition coefficient (Wildman–Crippen LogP) is 1.53. The number of carbonyl (C=O) groups is 1. The highest BCUT2D eigenvalue weighted by molar-refractivity contribution is 5.66. The first-order valence-corrected chi connectivity index (χ1v) is 6.86. The molecule has 0 saturated heterocycles. The Balaban J connectivity index is 2.22. The lowest BCUT2D eigenvalue weighted by molar-refractivity contribution is -0.137. The van der Waals surface area contributed by atoms with E-state index >= 15 is 0 Å². The van der Waals surface area contributed by atoms with Gasteiger partial charge < -0.3 is 19.8 Å². The molecule has 112 valence electrons. The molecule has 5 nitrogen and oxygen atoms in total. The van der Waals surface area contributed by atoms with Crippen LogP contribution in [0.2, 0.25) is 0 Å². The fourth-order valence-electron chi connectivity index (χ4n) is 1.84. The van der Waals surface area contributed by atoms with Crippen molar-refractivity contribution in [2.75, 3.05) is 32.8 Å². The second-order valence-electron chi connectivity index (χ2n) is 4.72. The molecule has 2 N–H and O–H groups in total. The zero-order valence-electron chi connectivity index (χ0n) is 11.9. The summed E-state index contributed by atoms with van der Waals surface area (Å²) in [6.07, 6.45) is 0.895. The highest BCUT2D eigenvalue weighted by atomic mass is 16.5. The Labute approximate surface area is 119 Å². The second-order valence-corrected chi connectivity index (χ2v) is 4.72. The number of hydrogen-bond donors (Lipinski definition) is 2. The molecule has 5 heteroatoms. The van der Waals surface area contributed by atoms with Crippen molar-refractivity contribution in [3.8, 4) is 5.75 Å². The largest absolute Gasteiger partial charge is 0.494 e. The topological polar surface area (TPSA) is 70.0 Å². The monoisotopic (exact) mass is 281 g/mol. The van der Waals surface area contributed by atoms with E-state index in [1.54, 1.807) is 0 Å². The average molecular weight is 281 g/mol. The number of aliphatic hydroxyl groups excluding tert-OH is 1. The number of carboxylic acids is 1. The molecule has 0 radical (unpaired) electrons. The number of aliphatic carboxylic acids is 1. The minimum Gasteiger partial charge on any atom is -0.494 e. The van der Waals surface area contributed by atoms with Gasteiger partial charge in [0, 0.05) is 19.6 Å². The van der Waals surface area contributed by atoms with Crippen LogP contribution in [-0.4, -0.2) is 53.9 Å². The Hall–Kier alpha value is -1.59. The SMILES string of the molecule is Cc1ccc(OCCCN(CCO)CCC(=O)O)cc1. The maximum atomic E-state index is 10.5. The van der Waals surface area contributed by atoms with E-state index in [0.29, 0.717) is 19.7 Å². The molecule has 0 aliphatic heterocycles. The van der Waals surface area contributed by atoms with Crippen LogP contribution in [-0.2, 0) is 4.79 Å². The van der Waals surface area contributed by atoms with E-state index in [1.807, 2.05) is 36.1 Å². The van der Waals surface area contributed by atoms with E-state index in [-0.39, 0.29) is 13.0 Å². The van der Waals surface area contributed by atoms with E-state index in [2.05, 4.69) is 0 Å². The minimum absolute atomic E-state index is 0.0401. The minimum atomic E-state index is -0.816. The number of rotatable bonds is 10. The summed E-state index contributed by atoms with van der Waals surface area (Å²) in [5.41, 5.74) is 1.19. The summed E-state index contributed by atoms with van der Waals surface area (Å²) in [6.45, 7) is 4.33. The van der Waals surface area contributed by atoms with Crippen LogP contribution in [0.3, 0.4) is 0 Å². The van der Waals surface area contributed by atoms with Crippen LogP contribution in [0.25, 0.3) is 0 Å². The van der Waals surface area contributed by atoms with Crippen LogP contribution in [0.4, 0.5) is 0 Å². The summed E-state index contributed by atoms with van der Waals surface area (Å²) in [7, 11) is 0. The number of carboxylic acid groups (broad SMARTS) is 1. The lowest BCUT2D eigenvalue weighted by Gasteiger charge is -2.20. The third-order valence-corrected chi connectivity index (χ3v) is 2.97. The molecule has 0 amide bonds. The number of ether oxygens (including phenoxy) is 1. The Bertz CT molecular complexity index is 391. The zero-order valence-corrected chi connectivity index (χ0v) is 11.9. The molecule has 0 spiro atoms. The molecular formula is C15H23NO4. The van der Waals surface area contributed by atoms with Crippen molar-refractivity contribution in [1.29, 1.82) is 0 Å². The number of hydrogen-bond acceptors (Lipinski definition) is 4. The number of aliphatic hydroxyl groups is 1. The molecule has 0 atom stereocenters. The first-order valence-electron chi connectivity index (χ1n) is 6.86. The fourth-order valence-corrected chi connectivity index (χ4v) is 1.84. The van der Waals surface area contributed by atoms with Crippen LogP contribution in [0.15, 0.2) is 24.3 Å². The molecule has 1 aromatic rings. The summed E-state index contributed by atoms with van der Waals surface area (Å²) in [5.74, 6) is 0.0266. The van der Waals surface area contributed by atoms with Gasteiger partial charge in [-0.3, -0.25) is 4.79 Å². The first kappa shape index (κ1) is 16.5. The number of nitrogens with zero attached hydrogens (tertiary/aromatic N) is 1. The van der Waals surface area contributed by atoms with Crippen LogP contribution in [0.1, 0.15) is 18.4 Å². The summed E-state index contributed by atoms with van der Waals surface area (Å²) in [4.78, 5) is 12.5. The Morgan fingerprint density at radius 2 is 1.90 bits per heavy atom. The number of benzene rings is 1. The van der Waals surface area contributed by atoms with E-state index < -0.39 is 5.97 Å². The van der Waals surface area contributed by atoms with Crippen molar-refractivity contribution in [2.24, 2.45) is 0 Å². The molecule has 1 rings (SSSR count). The molecular weight excluding hydrogens is 258 g/mol. The van der Waals surface area contributed by atoms with Gasteiger partial charge in [-0.25, -0.2) is 0 Å². The Morgan fingerprint density at radius 1 is 1.20 bits per heavy atom. The van der Waals surface area contributed by atoms with E-state index in [4.69, 9.17) is 14.9 Å². The van der Waals surface area contributed by atoms with E-state index in [9.17, 15) is 4.79 Å². The fraction of sp³-hybridized carbons (Fsp3) is 0.533.